The minimum Gasteiger partial charge on any atom is -0.396 e. The molecule has 1 aliphatic rings. The molecule has 1 heterocycles. The lowest BCUT2D eigenvalue weighted by Crippen LogP contribution is -2.40. The maximum absolute atomic E-state index is 12.5. The zero-order chi connectivity index (χ0) is 13.8. The van der Waals surface area contributed by atoms with Crippen LogP contribution in [0.15, 0.2) is 24.3 Å². The summed E-state index contributed by atoms with van der Waals surface area (Å²) in [6.45, 7) is 1.63. The second-order valence-electron chi connectivity index (χ2n) is 5.39. The summed E-state index contributed by atoms with van der Waals surface area (Å²) in [6.07, 6.45) is 1.99. The summed E-state index contributed by atoms with van der Waals surface area (Å²) < 4.78 is 0. The van der Waals surface area contributed by atoms with E-state index in [2.05, 4.69) is 0 Å². The summed E-state index contributed by atoms with van der Waals surface area (Å²) in [5, 5.41) is 9.23. The Morgan fingerprint density at radius 1 is 1.47 bits per heavy atom. The van der Waals surface area contributed by atoms with E-state index in [0.29, 0.717) is 6.54 Å². The fraction of sp³-hybridized carbons (Fsp3) is 0.533. The van der Waals surface area contributed by atoms with Crippen molar-refractivity contribution in [2.75, 3.05) is 38.7 Å². The first kappa shape index (κ1) is 13.9. The number of anilines is 1. The molecule has 1 aromatic carbocycles. The number of carbonyl (C=O) groups excluding carboxylic acids is 1. The highest BCUT2D eigenvalue weighted by atomic mass is 16.3. The molecule has 0 spiro atoms. The molecule has 0 aromatic heterocycles. The van der Waals surface area contributed by atoms with Gasteiger partial charge < -0.3 is 14.9 Å². The summed E-state index contributed by atoms with van der Waals surface area (Å²) in [5.74, 6) is 0.302. The minimum absolute atomic E-state index is 0.0712. The molecule has 1 aliphatic heterocycles. The lowest BCUT2D eigenvalue weighted by molar-refractivity contribution is 0.0621. The van der Waals surface area contributed by atoms with Gasteiger partial charge in [0, 0.05) is 45.0 Å². The number of nitrogens with zero attached hydrogens (tertiary/aromatic N) is 2. The summed E-state index contributed by atoms with van der Waals surface area (Å²) in [6, 6.07) is 7.68. The van der Waals surface area contributed by atoms with Crippen LogP contribution in [0.1, 0.15) is 23.2 Å². The first-order valence-corrected chi connectivity index (χ1v) is 6.79. The van der Waals surface area contributed by atoms with Gasteiger partial charge in [-0.1, -0.05) is 6.07 Å². The molecule has 19 heavy (non-hydrogen) atoms. The van der Waals surface area contributed by atoms with E-state index in [1.807, 2.05) is 48.2 Å². The molecular formula is C15H22N2O2. The molecule has 0 aliphatic carbocycles. The van der Waals surface area contributed by atoms with E-state index >= 15 is 0 Å². The van der Waals surface area contributed by atoms with E-state index in [1.54, 1.807) is 0 Å². The van der Waals surface area contributed by atoms with E-state index in [-0.39, 0.29) is 18.4 Å². The monoisotopic (exact) mass is 262 g/mol. The SMILES string of the molecule is CN(C)c1cccc(C(=O)N2CCCC(CO)C2)c1. The number of aliphatic hydroxyl groups is 1. The van der Waals surface area contributed by atoms with Gasteiger partial charge in [-0.3, -0.25) is 4.79 Å². The van der Waals surface area contributed by atoms with Crippen molar-refractivity contribution in [2.45, 2.75) is 12.8 Å². The van der Waals surface area contributed by atoms with E-state index in [4.69, 9.17) is 0 Å². The fourth-order valence-electron chi connectivity index (χ4n) is 2.50. The Bertz CT molecular complexity index is 446. The second kappa shape index (κ2) is 6.06. The van der Waals surface area contributed by atoms with Crippen molar-refractivity contribution in [3.63, 3.8) is 0 Å². The van der Waals surface area contributed by atoms with Crippen LogP contribution in [0.5, 0.6) is 0 Å². The van der Waals surface area contributed by atoms with E-state index in [9.17, 15) is 9.90 Å². The van der Waals surface area contributed by atoms with Gasteiger partial charge in [0.1, 0.15) is 0 Å². The number of likely N-dealkylation sites (tertiary alicyclic amines) is 1. The molecule has 1 aromatic rings. The van der Waals surface area contributed by atoms with Crippen LogP contribution in [0, 0.1) is 5.92 Å². The quantitative estimate of drug-likeness (QED) is 0.900. The predicted octanol–water partition coefficient (Wildman–Crippen LogP) is 1.60. The van der Waals surface area contributed by atoms with Crippen molar-refractivity contribution in [1.29, 1.82) is 0 Å². The molecule has 1 atom stereocenters. The molecule has 0 saturated carbocycles. The summed E-state index contributed by atoms with van der Waals surface area (Å²) in [7, 11) is 3.93. The van der Waals surface area contributed by atoms with Crippen molar-refractivity contribution >= 4 is 11.6 Å². The van der Waals surface area contributed by atoms with Crippen LogP contribution in [0.3, 0.4) is 0 Å². The average Bonchev–Trinajstić information content (AvgIpc) is 2.46. The molecule has 1 N–H and O–H groups in total. The number of aliphatic hydroxyl groups excluding tert-OH is 1. The average molecular weight is 262 g/mol. The smallest absolute Gasteiger partial charge is 0.253 e. The highest BCUT2D eigenvalue weighted by Gasteiger charge is 2.24. The van der Waals surface area contributed by atoms with Gasteiger partial charge in [-0.2, -0.15) is 0 Å². The second-order valence-corrected chi connectivity index (χ2v) is 5.39. The van der Waals surface area contributed by atoms with Gasteiger partial charge >= 0.3 is 0 Å². The van der Waals surface area contributed by atoms with E-state index < -0.39 is 0 Å². The third-order valence-electron chi connectivity index (χ3n) is 3.67. The maximum Gasteiger partial charge on any atom is 0.253 e. The van der Waals surface area contributed by atoms with Crippen molar-refractivity contribution in [2.24, 2.45) is 5.92 Å². The van der Waals surface area contributed by atoms with Crippen LogP contribution < -0.4 is 4.90 Å². The van der Waals surface area contributed by atoms with Crippen LogP contribution in [0.4, 0.5) is 5.69 Å². The van der Waals surface area contributed by atoms with Gasteiger partial charge in [-0.05, 0) is 37.0 Å². The first-order chi connectivity index (χ1) is 9.11. The van der Waals surface area contributed by atoms with Gasteiger partial charge in [0.05, 0.1) is 0 Å². The van der Waals surface area contributed by atoms with Crippen LogP contribution >= 0.6 is 0 Å². The third-order valence-corrected chi connectivity index (χ3v) is 3.67. The van der Waals surface area contributed by atoms with Crippen molar-refractivity contribution in [3.8, 4) is 0 Å². The normalized spacial score (nSPS) is 19.3. The lowest BCUT2D eigenvalue weighted by Gasteiger charge is -2.32. The van der Waals surface area contributed by atoms with Gasteiger partial charge in [-0.15, -0.1) is 0 Å². The zero-order valence-electron chi connectivity index (χ0n) is 11.7. The molecule has 1 fully saturated rings. The lowest BCUT2D eigenvalue weighted by atomic mass is 9.98. The Morgan fingerprint density at radius 3 is 2.95 bits per heavy atom. The zero-order valence-corrected chi connectivity index (χ0v) is 11.7. The molecule has 1 saturated heterocycles. The van der Waals surface area contributed by atoms with Gasteiger partial charge in [0.2, 0.25) is 0 Å². The molecule has 0 bridgehead atoms. The topological polar surface area (TPSA) is 43.8 Å². The van der Waals surface area contributed by atoms with E-state index in [1.165, 1.54) is 0 Å². The third kappa shape index (κ3) is 3.26. The van der Waals surface area contributed by atoms with Crippen LogP contribution in [-0.2, 0) is 0 Å². The standard InChI is InChI=1S/C15H22N2O2/c1-16(2)14-7-3-6-13(9-14)15(19)17-8-4-5-12(10-17)11-18/h3,6-7,9,12,18H,4-5,8,10-11H2,1-2H3. The number of amides is 1. The number of hydrogen-bond acceptors (Lipinski definition) is 3. The number of carbonyl (C=O) groups is 1. The Balaban J connectivity index is 2.12. The number of piperidine rings is 1. The van der Waals surface area contributed by atoms with Gasteiger partial charge in [0.25, 0.3) is 5.91 Å². The van der Waals surface area contributed by atoms with Crippen molar-refractivity contribution in [1.82, 2.24) is 4.90 Å². The van der Waals surface area contributed by atoms with Crippen molar-refractivity contribution in [3.05, 3.63) is 29.8 Å². The number of hydrogen-bond donors (Lipinski definition) is 1. The molecule has 1 unspecified atom stereocenters. The molecule has 2 rings (SSSR count). The van der Waals surface area contributed by atoms with Crippen LogP contribution in [0.2, 0.25) is 0 Å². The Morgan fingerprint density at radius 2 is 2.26 bits per heavy atom. The van der Waals surface area contributed by atoms with Crippen molar-refractivity contribution < 1.29 is 9.90 Å². The molecule has 104 valence electrons. The minimum atomic E-state index is 0.0712. The Labute approximate surface area is 114 Å². The summed E-state index contributed by atoms with van der Waals surface area (Å²) in [5.41, 5.74) is 1.76. The van der Waals surface area contributed by atoms with Crippen LogP contribution in [-0.4, -0.2) is 49.7 Å². The molecule has 0 radical (unpaired) electrons. The van der Waals surface area contributed by atoms with Gasteiger partial charge in [-0.25, -0.2) is 0 Å². The molecular weight excluding hydrogens is 240 g/mol. The molecule has 4 heteroatoms. The van der Waals surface area contributed by atoms with Crippen LogP contribution in [0.25, 0.3) is 0 Å². The summed E-state index contributed by atoms with van der Waals surface area (Å²) >= 11 is 0. The van der Waals surface area contributed by atoms with Gasteiger partial charge in [0.15, 0.2) is 0 Å². The Kier molecular flexibility index (Phi) is 4.43. The molecule has 1 amide bonds. The Hall–Kier alpha value is -1.55. The predicted molar refractivity (Wildman–Crippen MR) is 76.5 cm³/mol. The van der Waals surface area contributed by atoms with E-state index in [0.717, 1.165) is 30.6 Å². The first-order valence-electron chi connectivity index (χ1n) is 6.79. The fourth-order valence-corrected chi connectivity index (χ4v) is 2.50. The summed E-state index contributed by atoms with van der Waals surface area (Å²) in [4.78, 5) is 16.3. The number of benzene rings is 1. The molecule has 4 nitrogen and oxygen atoms in total. The maximum atomic E-state index is 12.5. The number of rotatable bonds is 3. The largest absolute Gasteiger partial charge is 0.396 e. The highest BCUT2D eigenvalue weighted by molar-refractivity contribution is 5.95. The highest BCUT2D eigenvalue weighted by Crippen LogP contribution is 2.20.